The summed E-state index contributed by atoms with van der Waals surface area (Å²) in [6.45, 7) is 15.7. The second-order valence-electron chi connectivity index (χ2n) is 11.0. The lowest BCUT2D eigenvalue weighted by molar-refractivity contribution is -0.140. The van der Waals surface area contributed by atoms with Crippen LogP contribution in [0.5, 0.6) is 0 Å². The molecule has 0 spiro atoms. The van der Waals surface area contributed by atoms with Crippen LogP contribution in [0.4, 0.5) is 4.79 Å². The number of hydrogen-bond donors (Lipinski definition) is 1. The fraction of sp³-hybridized carbons (Fsp3) is 0.870. The molecule has 2 saturated heterocycles. The summed E-state index contributed by atoms with van der Waals surface area (Å²) in [6.07, 6.45) is 5.14. The highest BCUT2D eigenvalue weighted by molar-refractivity contribution is 6.03. The summed E-state index contributed by atoms with van der Waals surface area (Å²) in [4.78, 5) is 40.3. The number of rotatable bonds is 7. The SMILES string of the molecule is CC(C)(C)C1CC(=O)N(CCCCCCNC(=O)N2CC[C@H](C(C)(C)C)C2)C1=O. The smallest absolute Gasteiger partial charge is 0.317 e. The molecule has 166 valence electrons. The normalized spacial score (nSPS) is 23.2. The van der Waals surface area contributed by atoms with Gasteiger partial charge in [-0.05, 0) is 36.0 Å². The van der Waals surface area contributed by atoms with Crippen molar-refractivity contribution in [1.29, 1.82) is 0 Å². The maximum Gasteiger partial charge on any atom is 0.317 e. The summed E-state index contributed by atoms with van der Waals surface area (Å²) >= 11 is 0. The molecule has 2 aliphatic rings. The van der Waals surface area contributed by atoms with Crippen LogP contribution in [-0.4, -0.2) is 53.8 Å². The summed E-state index contributed by atoms with van der Waals surface area (Å²) in [5.41, 5.74) is 0.0853. The molecular formula is C23H41N3O3. The van der Waals surface area contributed by atoms with Crippen molar-refractivity contribution >= 4 is 17.8 Å². The van der Waals surface area contributed by atoms with Crippen molar-refractivity contribution in [3.05, 3.63) is 0 Å². The Labute approximate surface area is 176 Å². The number of carbonyl (C=O) groups excluding carboxylic acids is 3. The van der Waals surface area contributed by atoms with E-state index in [4.69, 9.17) is 0 Å². The van der Waals surface area contributed by atoms with Gasteiger partial charge < -0.3 is 10.2 Å². The number of likely N-dealkylation sites (tertiary alicyclic amines) is 2. The number of urea groups is 1. The molecule has 4 amide bonds. The Bertz CT molecular complexity index is 603. The van der Waals surface area contributed by atoms with E-state index in [0.29, 0.717) is 25.4 Å². The number of nitrogens with one attached hydrogen (secondary N) is 1. The molecule has 0 saturated carbocycles. The highest BCUT2D eigenvalue weighted by atomic mass is 16.2. The summed E-state index contributed by atoms with van der Waals surface area (Å²) in [7, 11) is 0. The van der Waals surface area contributed by atoms with Crippen LogP contribution in [0.2, 0.25) is 0 Å². The first-order valence-corrected chi connectivity index (χ1v) is 11.3. The Morgan fingerprint density at radius 2 is 1.66 bits per heavy atom. The minimum absolute atomic E-state index is 0.00561. The summed E-state index contributed by atoms with van der Waals surface area (Å²) in [5.74, 6) is 0.353. The second kappa shape index (κ2) is 9.48. The monoisotopic (exact) mass is 407 g/mol. The molecule has 1 N–H and O–H groups in total. The molecule has 0 bridgehead atoms. The number of hydrogen-bond acceptors (Lipinski definition) is 3. The molecule has 2 heterocycles. The molecule has 2 fully saturated rings. The molecule has 1 unspecified atom stereocenters. The Morgan fingerprint density at radius 1 is 1.00 bits per heavy atom. The van der Waals surface area contributed by atoms with Crippen LogP contribution in [0.15, 0.2) is 0 Å². The van der Waals surface area contributed by atoms with Crippen LogP contribution < -0.4 is 5.32 Å². The van der Waals surface area contributed by atoms with Gasteiger partial charge in [-0.1, -0.05) is 54.4 Å². The average Bonchev–Trinajstić information content (AvgIpc) is 3.20. The van der Waals surface area contributed by atoms with Crippen molar-refractivity contribution in [3.8, 4) is 0 Å². The van der Waals surface area contributed by atoms with E-state index < -0.39 is 0 Å². The Morgan fingerprint density at radius 3 is 2.21 bits per heavy atom. The molecule has 0 aliphatic carbocycles. The van der Waals surface area contributed by atoms with Gasteiger partial charge in [0.25, 0.3) is 0 Å². The predicted molar refractivity (Wildman–Crippen MR) is 115 cm³/mol. The third-order valence-electron chi connectivity index (χ3n) is 6.57. The Kier molecular flexibility index (Phi) is 7.74. The van der Waals surface area contributed by atoms with E-state index in [2.05, 4.69) is 26.1 Å². The lowest BCUT2D eigenvalue weighted by atomic mass is 9.80. The highest BCUT2D eigenvalue weighted by Crippen LogP contribution is 2.35. The van der Waals surface area contributed by atoms with Crippen LogP contribution in [0, 0.1) is 22.7 Å². The van der Waals surface area contributed by atoms with Gasteiger partial charge in [0.2, 0.25) is 11.8 Å². The molecule has 6 heteroatoms. The summed E-state index contributed by atoms with van der Waals surface area (Å²) < 4.78 is 0. The molecule has 2 aliphatic heterocycles. The van der Waals surface area contributed by atoms with Gasteiger partial charge in [-0.3, -0.25) is 14.5 Å². The molecular weight excluding hydrogens is 366 g/mol. The van der Waals surface area contributed by atoms with E-state index in [1.807, 2.05) is 25.7 Å². The van der Waals surface area contributed by atoms with Crippen molar-refractivity contribution in [1.82, 2.24) is 15.1 Å². The van der Waals surface area contributed by atoms with Crippen LogP contribution in [0.1, 0.15) is 80.1 Å². The summed E-state index contributed by atoms with van der Waals surface area (Å²) in [5, 5.41) is 3.03. The van der Waals surface area contributed by atoms with E-state index >= 15 is 0 Å². The molecule has 2 atom stereocenters. The number of amides is 4. The fourth-order valence-electron chi connectivity index (χ4n) is 4.30. The standard InChI is InChI=1S/C23H41N3O3/c1-22(2,3)17-11-14-25(16-17)21(29)24-12-9-7-8-10-13-26-19(27)15-18(20(26)28)23(4,5)6/h17-18H,7-16H2,1-6H3,(H,24,29)/t17-,18?/m0/s1. The van der Waals surface area contributed by atoms with Gasteiger partial charge in [-0.15, -0.1) is 0 Å². The minimum Gasteiger partial charge on any atom is -0.338 e. The number of carbonyl (C=O) groups is 3. The van der Waals surface area contributed by atoms with Gasteiger partial charge in [0, 0.05) is 32.6 Å². The van der Waals surface area contributed by atoms with Gasteiger partial charge in [0.05, 0.1) is 5.92 Å². The quantitative estimate of drug-likeness (QED) is 0.511. The molecule has 29 heavy (non-hydrogen) atoms. The van der Waals surface area contributed by atoms with Crippen molar-refractivity contribution < 1.29 is 14.4 Å². The van der Waals surface area contributed by atoms with E-state index in [0.717, 1.165) is 45.2 Å². The van der Waals surface area contributed by atoms with Crippen LogP contribution >= 0.6 is 0 Å². The highest BCUT2D eigenvalue weighted by Gasteiger charge is 2.44. The maximum absolute atomic E-state index is 12.5. The van der Waals surface area contributed by atoms with E-state index in [1.54, 1.807) is 0 Å². The number of unbranched alkanes of at least 4 members (excludes halogenated alkanes) is 3. The van der Waals surface area contributed by atoms with Crippen molar-refractivity contribution in [2.24, 2.45) is 22.7 Å². The Balaban J connectivity index is 1.57. The lowest BCUT2D eigenvalue weighted by Crippen LogP contribution is -2.39. The summed E-state index contributed by atoms with van der Waals surface area (Å²) in [6, 6.07) is 0.0539. The molecule has 2 rings (SSSR count). The van der Waals surface area contributed by atoms with Crippen molar-refractivity contribution in [2.75, 3.05) is 26.2 Å². The second-order valence-corrected chi connectivity index (χ2v) is 11.0. The van der Waals surface area contributed by atoms with Gasteiger partial charge in [-0.2, -0.15) is 0 Å². The average molecular weight is 408 g/mol. The van der Waals surface area contributed by atoms with Crippen molar-refractivity contribution in [2.45, 2.75) is 80.1 Å². The van der Waals surface area contributed by atoms with Crippen LogP contribution in [0.25, 0.3) is 0 Å². The Hall–Kier alpha value is -1.59. The molecule has 6 nitrogen and oxygen atoms in total. The molecule has 0 aromatic carbocycles. The third kappa shape index (κ3) is 6.45. The van der Waals surface area contributed by atoms with Gasteiger partial charge >= 0.3 is 6.03 Å². The zero-order chi connectivity index (χ0) is 21.8. The zero-order valence-electron chi connectivity index (χ0n) is 19.3. The number of nitrogens with zero attached hydrogens (tertiary/aromatic N) is 2. The topological polar surface area (TPSA) is 69.7 Å². The molecule has 0 radical (unpaired) electrons. The van der Waals surface area contributed by atoms with Crippen LogP contribution in [0.3, 0.4) is 0 Å². The van der Waals surface area contributed by atoms with Gasteiger partial charge in [0.1, 0.15) is 0 Å². The first-order chi connectivity index (χ1) is 13.4. The molecule has 0 aromatic heterocycles. The third-order valence-corrected chi connectivity index (χ3v) is 6.57. The maximum atomic E-state index is 12.5. The first kappa shape index (κ1) is 23.7. The molecule has 0 aromatic rings. The van der Waals surface area contributed by atoms with E-state index in [1.165, 1.54) is 4.90 Å². The van der Waals surface area contributed by atoms with Crippen LogP contribution in [-0.2, 0) is 9.59 Å². The fourth-order valence-corrected chi connectivity index (χ4v) is 4.30. The minimum atomic E-state index is -0.186. The number of imide groups is 1. The lowest BCUT2D eigenvalue weighted by Gasteiger charge is -2.27. The zero-order valence-corrected chi connectivity index (χ0v) is 19.3. The van der Waals surface area contributed by atoms with Gasteiger partial charge in [0.15, 0.2) is 0 Å². The predicted octanol–water partition coefficient (Wildman–Crippen LogP) is 4.05. The van der Waals surface area contributed by atoms with Crippen molar-refractivity contribution in [3.63, 3.8) is 0 Å². The van der Waals surface area contributed by atoms with Gasteiger partial charge in [-0.25, -0.2) is 4.79 Å². The van der Waals surface area contributed by atoms with E-state index in [-0.39, 0.29) is 34.6 Å². The largest absolute Gasteiger partial charge is 0.338 e. The first-order valence-electron chi connectivity index (χ1n) is 11.3. The van der Waals surface area contributed by atoms with E-state index in [9.17, 15) is 14.4 Å².